The molecular weight excluding hydrogens is 190 g/mol. The molecule has 0 saturated heterocycles. The first-order valence-electron chi connectivity index (χ1n) is 6.11. The van der Waals surface area contributed by atoms with Crippen molar-refractivity contribution in [2.75, 3.05) is 27.2 Å². The molecule has 0 unspecified atom stereocenters. The highest BCUT2D eigenvalue weighted by molar-refractivity contribution is 5.70. The Morgan fingerprint density at radius 2 is 1.67 bits per heavy atom. The zero-order valence-corrected chi connectivity index (χ0v) is 10.5. The van der Waals surface area contributed by atoms with Crippen molar-refractivity contribution >= 4 is 5.97 Å². The van der Waals surface area contributed by atoms with Crippen LogP contribution in [0, 0.1) is 0 Å². The quantitative estimate of drug-likeness (QED) is 0.461. The molecule has 90 valence electrons. The number of ether oxygens (including phenoxy) is 1. The van der Waals surface area contributed by atoms with E-state index in [0.717, 1.165) is 11.3 Å². The molecule has 0 saturated carbocycles. The fraction of sp³-hybridized carbons (Fsp3) is 0.917. The summed E-state index contributed by atoms with van der Waals surface area (Å²) in [5, 5.41) is 0. The molecule has 0 bridgehead atoms. The molecule has 1 N–H and O–H groups in total. The van der Waals surface area contributed by atoms with E-state index in [1.807, 2.05) is 14.1 Å². The number of hydrogen-bond donors (Lipinski definition) is 1. The molecule has 0 aromatic carbocycles. The molecule has 0 rings (SSSR count). The molecule has 3 nitrogen and oxygen atoms in total. The molecule has 0 amide bonds. The summed E-state index contributed by atoms with van der Waals surface area (Å²) in [6.07, 6.45) is 7.38. The average molecular weight is 216 g/mol. The molecule has 0 atom stereocenters. The van der Waals surface area contributed by atoms with Crippen LogP contribution in [0.15, 0.2) is 0 Å². The van der Waals surface area contributed by atoms with Crippen molar-refractivity contribution in [1.82, 2.24) is 0 Å². The van der Waals surface area contributed by atoms with Crippen LogP contribution in [-0.4, -0.2) is 33.2 Å². The van der Waals surface area contributed by atoms with Gasteiger partial charge in [0, 0.05) is 0 Å². The third kappa shape index (κ3) is 11.4. The summed E-state index contributed by atoms with van der Waals surface area (Å²) in [6.45, 7) is 3.28. The number of hydrogen-bond acceptors (Lipinski definition) is 2. The van der Waals surface area contributed by atoms with Gasteiger partial charge in [0.1, 0.15) is 0 Å². The smallest absolute Gasteiger partial charge is 0.361 e. The Morgan fingerprint density at radius 1 is 1.07 bits per heavy atom. The number of likely N-dealkylation sites (N-methyl/N-ethyl adjacent to an activating group) is 1. The predicted molar refractivity (Wildman–Crippen MR) is 62.0 cm³/mol. The van der Waals surface area contributed by atoms with Crippen LogP contribution in [0.3, 0.4) is 0 Å². The lowest BCUT2D eigenvalue weighted by Gasteiger charge is -2.07. The maximum atomic E-state index is 11.1. The maximum Gasteiger partial charge on any atom is 0.361 e. The van der Waals surface area contributed by atoms with Crippen molar-refractivity contribution in [2.24, 2.45) is 0 Å². The Balaban J connectivity index is 3.13. The van der Waals surface area contributed by atoms with Gasteiger partial charge in [-0.05, 0) is 6.42 Å². The minimum Gasteiger partial charge on any atom is -0.462 e. The molecule has 0 heterocycles. The third-order valence-corrected chi connectivity index (χ3v) is 2.26. The molecule has 0 radical (unpaired) electrons. The Bertz CT molecular complexity index is 158. The monoisotopic (exact) mass is 216 g/mol. The number of unbranched alkanes of at least 4 members (excludes halogenated alkanes) is 5. The van der Waals surface area contributed by atoms with Gasteiger partial charge in [-0.1, -0.05) is 39.0 Å². The van der Waals surface area contributed by atoms with E-state index in [1.165, 1.54) is 32.1 Å². The van der Waals surface area contributed by atoms with Crippen molar-refractivity contribution in [3.63, 3.8) is 0 Å². The van der Waals surface area contributed by atoms with Crippen molar-refractivity contribution in [3.8, 4) is 0 Å². The summed E-state index contributed by atoms with van der Waals surface area (Å²) in [5.41, 5.74) is 0. The number of rotatable bonds is 9. The summed E-state index contributed by atoms with van der Waals surface area (Å²) in [6, 6.07) is 0. The van der Waals surface area contributed by atoms with Crippen LogP contribution in [0.25, 0.3) is 0 Å². The van der Waals surface area contributed by atoms with E-state index < -0.39 is 0 Å². The lowest BCUT2D eigenvalue weighted by atomic mass is 10.1. The average Bonchev–Trinajstić information content (AvgIpc) is 2.15. The van der Waals surface area contributed by atoms with Gasteiger partial charge in [-0.2, -0.15) is 0 Å². The van der Waals surface area contributed by atoms with E-state index in [2.05, 4.69) is 6.92 Å². The van der Waals surface area contributed by atoms with Gasteiger partial charge in [-0.3, -0.25) is 0 Å². The van der Waals surface area contributed by atoms with Crippen LogP contribution in [0.2, 0.25) is 0 Å². The maximum absolute atomic E-state index is 11.1. The highest BCUT2D eigenvalue weighted by atomic mass is 16.5. The van der Waals surface area contributed by atoms with Crippen LogP contribution in [0.4, 0.5) is 0 Å². The first kappa shape index (κ1) is 14.4. The molecule has 0 aliphatic carbocycles. The Labute approximate surface area is 93.8 Å². The van der Waals surface area contributed by atoms with E-state index in [4.69, 9.17) is 4.74 Å². The van der Waals surface area contributed by atoms with E-state index in [1.54, 1.807) is 0 Å². The summed E-state index contributed by atoms with van der Waals surface area (Å²) in [7, 11) is 3.90. The minimum absolute atomic E-state index is 0.0800. The molecule has 0 aromatic heterocycles. The second-order valence-corrected chi connectivity index (χ2v) is 4.37. The zero-order valence-electron chi connectivity index (χ0n) is 10.5. The normalized spacial score (nSPS) is 10.7. The van der Waals surface area contributed by atoms with Crippen molar-refractivity contribution in [3.05, 3.63) is 0 Å². The molecule has 0 aliphatic heterocycles. The predicted octanol–water partition coefficient (Wildman–Crippen LogP) is 1.03. The van der Waals surface area contributed by atoms with E-state index >= 15 is 0 Å². The lowest BCUT2D eigenvalue weighted by Crippen LogP contribution is -3.06. The number of esters is 1. The standard InChI is InChI=1S/C12H25NO2/c1-4-5-6-7-8-9-10-15-12(14)11-13(2)3/h4-11H2,1-3H3/p+1. The highest BCUT2D eigenvalue weighted by Gasteiger charge is 2.05. The summed E-state index contributed by atoms with van der Waals surface area (Å²) in [4.78, 5) is 12.3. The van der Waals surface area contributed by atoms with Crippen molar-refractivity contribution < 1.29 is 14.4 Å². The second-order valence-electron chi connectivity index (χ2n) is 4.37. The first-order chi connectivity index (χ1) is 7.16. The van der Waals surface area contributed by atoms with Gasteiger partial charge in [0.15, 0.2) is 6.54 Å². The summed E-state index contributed by atoms with van der Waals surface area (Å²) in [5.74, 6) is -0.0800. The van der Waals surface area contributed by atoms with Crippen LogP contribution >= 0.6 is 0 Å². The van der Waals surface area contributed by atoms with Crippen LogP contribution < -0.4 is 4.90 Å². The molecule has 0 aliphatic rings. The summed E-state index contributed by atoms with van der Waals surface area (Å²) < 4.78 is 5.10. The highest BCUT2D eigenvalue weighted by Crippen LogP contribution is 2.04. The molecule has 0 aromatic rings. The SMILES string of the molecule is CCCCCCCCOC(=O)C[NH+](C)C. The first-order valence-corrected chi connectivity index (χ1v) is 6.11. The third-order valence-electron chi connectivity index (χ3n) is 2.26. The fourth-order valence-electron chi connectivity index (χ4n) is 1.41. The van der Waals surface area contributed by atoms with Gasteiger partial charge in [0.05, 0.1) is 20.7 Å². The number of carbonyl (C=O) groups excluding carboxylic acids is 1. The molecule has 0 fully saturated rings. The molecule has 3 heteroatoms. The van der Waals surface area contributed by atoms with Gasteiger partial charge in [0.25, 0.3) is 0 Å². The minimum atomic E-state index is -0.0800. The summed E-state index contributed by atoms with van der Waals surface area (Å²) >= 11 is 0. The van der Waals surface area contributed by atoms with Gasteiger partial charge in [-0.15, -0.1) is 0 Å². The fourth-order valence-corrected chi connectivity index (χ4v) is 1.41. The molecule has 0 spiro atoms. The number of quaternary nitrogens is 1. The van der Waals surface area contributed by atoms with Crippen LogP contribution in [0.5, 0.6) is 0 Å². The van der Waals surface area contributed by atoms with Gasteiger partial charge in [0.2, 0.25) is 0 Å². The van der Waals surface area contributed by atoms with Crippen molar-refractivity contribution in [1.29, 1.82) is 0 Å². The number of nitrogens with one attached hydrogen (secondary N) is 1. The lowest BCUT2D eigenvalue weighted by molar-refractivity contribution is -0.850. The van der Waals surface area contributed by atoms with Gasteiger partial charge in [-0.25, -0.2) is 4.79 Å². The molecular formula is C12H26NO2+. The van der Waals surface area contributed by atoms with Crippen LogP contribution in [-0.2, 0) is 9.53 Å². The van der Waals surface area contributed by atoms with E-state index in [-0.39, 0.29) is 5.97 Å². The largest absolute Gasteiger partial charge is 0.462 e. The van der Waals surface area contributed by atoms with Gasteiger partial charge >= 0.3 is 5.97 Å². The van der Waals surface area contributed by atoms with Crippen LogP contribution in [0.1, 0.15) is 45.4 Å². The molecule has 15 heavy (non-hydrogen) atoms. The van der Waals surface area contributed by atoms with Crippen molar-refractivity contribution in [2.45, 2.75) is 45.4 Å². The Kier molecular flexibility index (Phi) is 9.59. The Morgan fingerprint density at radius 3 is 2.27 bits per heavy atom. The Hall–Kier alpha value is -0.570. The second kappa shape index (κ2) is 9.97. The topological polar surface area (TPSA) is 30.7 Å². The van der Waals surface area contributed by atoms with Gasteiger partial charge < -0.3 is 9.64 Å². The zero-order chi connectivity index (χ0) is 11.5. The van der Waals surface area contributed by atoms with E-state index in [9.17, 15) is 4.79 Å². The van der Waals surface area contributed by atoms with E-state index in [0.29, 0.717) is 13.2 Å². The number of carbonyl (C=O) groups is 1.